The number of hydrogen-bond acceptors (Lipinski definition) is 9. The highest BCUT2D eigenvalue weighted by Crippen LogP contribution is 2.43. The van der Waals surface area contributed by atoms with Crippen LogP contribution in [0.2, 0.25) is 0 Å². The van der Waals surface area contributed by atoms with Crippen molar-refractivity contribution in [3.05, 3.63) is 47.7 Å². The zero-order chi connectivity index (χ0) is 33.3. The standard InChI is InChI=1S/C35H35F3N6O4/c1-2-22-25(37)7-6-18-12-21(45)13-23(27(18)22)29-28(38)30-24(15-39-29)31(44-10-4-8-35(17-44)14-26(46)40-33(35)47)42-34(41-30)48-32-19-5-3-9-43(32)16-20(36)11-19/h6-7,12-13,15,19-20,32,45H,2-5,8-11,14,16-17H2,1H3,(H,40,46,47)/t19-,20-,32?,35?/m1/s1. The minimum atomic E-state index is -0.964. The van der Waals surface area contributed by atoms with Crippen molar-refractivity contribution >= 4 is 39.3 Å². The molecule has 4 aliphatic rings. The van der Waals surface area contributed by atoms with Crippen molar-refractivity contribution in [1.82, 2.24) is 25.2 Å². The summed E-state index contributed by atoms with van der Waals surface area (Å²) in [6, 6.07) is 5.62. The molecule has 4 aliphatic heterocycles. The number of carbonyl (C=O) groups is 2. The van der Waals surface area contributed by atoms with Gasteiger partial charge in [0, 0.05) is 50.3 Å². The van der Waals surface area contributed by atoms with Crippen molar-refractivity contribution in [3.8, 4) is 23.0 Å². The maximum atomic E-state index is 17.0. The first-order chi connectivity index (χ1) is 23.1. The average molecular weight is 661 g/mol. The number of carbonyl (C=O) groups excluding carboxylic acids is 2. The number of nitrogens with zero attached hydrogens (tertiary/aromatic N) is 5. The second kappa shape index (κ2) is 11.6. The van der Waals surface area contributed by atoms with Crippen molar-refractivity contribution in [3.63, 3.8) is 0 Å². The Kier molecular flexibility index (Phi) is 7.42. The third-order valence-electron chi connectivity index (χ3n) is 10.5. The summed E-state index contributed by atoms with van der Waals surface area (Å²) < 4.78 is 52.9. The monoisotopic (exact) mass is 660 g/mol. The first kappa shape index (κ1) is 30.8. The molecule has 4 saturated heterocycles. The Bertz CT molecular complexity index is 1980. The molecular formula is C35H35F3N6O4. The second-order valence-electron chi connectivity index (χ2n) is 13.6. The Morgan fingerprint density at radius 1 is 1.15 bits per heavy atom. The number of phenols is 1. The van der Waals surface area contributed by atoms with Gasteiger partial charge in [-0.25, -0.2) is 13.2 Å². The molecule has 2 N–H and O–H groups in total. The number of aromatic hydroxyl groups is 1. The summed E-state index contributed by atoms with van der Waals surface area (Å²) in [5.74, 6) is -1.84. The topological polar surface area (TPSA) is 121 Å². The van der Waals surface area contributed by atoms with E-state index in [4.69, 9.17) is 9.72 Å². The van der Waals surface area contributed by atoms with E-state index in [9.17, 15) is 19.1 Å². The largest absolute Gasteiger partial charge is 0.508 e. The fourth-order valence-electron chi connectivity index (χ4n) is 8.36. The Morgan fingerprint density at radius 2 is 2.00 bits per heavy atom. The number of imide groups is 1. The third kappa shape index (κ3) is 5.01. The van der Waals surface area contributed by atoms with E-state index >= 15 is 8.78 Å². The quantitative estimate of drug-likeness (QED) is 0.279. The predicted octanol–water partition coefficient (Wildman–Crippen LogP) is 5.18. The highest BCUT2D eigenvalue weighted by Gasteiger charge is 2.49. The zero-order valence-corrected chi connectivity index (χ0v) is 26.4. The minimum absolute atomic E-state index is 0.0511. The van der Waals surface area contributed by atoms with Crippen LogP contribution in [0, 0.1) is 23.0 Å². The number of aryl methyl sites for hydroxylation is 1. The first-order valence-corrected chi connectivity index (χ1v) is 16.6. The summed E-state index contributed by atoms with van der Waals surface area (Å²) >= 11 is 0. The van der Waals surface area contributed by atoms with Crippen LogP contribution in [0.1, 0.15) is 51.0 Å². The molecule has 2 amide bonds. The number of halogens is 3. The Balaban J connectivity index is 1.30. The lowest BCUT2D eigenvalue weighted by Crippen LogP contribution is -2.55. The van der Waals surface area contributed by atoms with Crippen molar-refractivity contribution in [2.75, 3.05) is 31.1 Å². The van der Waals surface area contributed by atoms with E-state index in [1.54, 1.807) is 6.92 Å². The van der Waals surface area contributed by atoms with Gasteiger partial charge in [-0.15, -0.1) is 0 Å². The van der Waals surface area contributed by atoms with Gasteiger partial charge in [0.1, 0.15) is 34.8 Å². The molecule has 2 aromatic carbocycles. The van der Waals surface area contributed by atoms with E-state index in [1.165, 1.54) is 30.5 Å². The highest BCUT2D eigenvalue weighted by molar-refractivity contribution is 6.06. The summed E-state index contributed by atoms with van der Waals surface area (Å²) in [7, 11) is 0. The number of rotatable bonds is 5. The number of aromatic nitrogens is 3. The summed E-state index contributed by atoms with van der Waals surface area (Å²) in [5, 5.41) is 14.3. The van der Waals surface area contributed by atoms with Gasteiger partial charge in [-0.3, -0.25) is 24.8 Å². The van der Waals surface area contributed by atoms with Crippen LogP contribution in [0.25, 0.3) is 32.9 Å². The van der Waals surface area contributed by atoms with Crippen molar-refractivity contribution in [2.24, 2.45) is 11.3 Å². The van der Waals surface area contributed by atoms with Gasteiger partial charge >= 0.3 is 6.01 Å². The summed E-state index contributed by atoms with van der Waals surface area (Å²) in [6.07, 6.45) is 3.53. The smallest absolute Gasteiger partial charge is 0.320 e. The molecule has 4 fully saturated rings. The average Bonchev–Trinajstić information content (AvgIpc) is 3.32. The summed E-state index contributed by atoms with van der Waals surface area (Å²) in [4.78, 5) is 42.9. The molecule has 250 valence electrons. The number of hydrogen-bond donors (Lipinski definition) is 2. The number of ether oxygens (including phenoxy) is 1. The molecule has 2 aromatic heterocycles. The lowest BCUT2D eigenvalue weighted by Gasteiger charge is -2.45. The third-order valence-corrected chi connectivity index (χ3v) is 10.5. The Labute approximate surface area is 274 Å². The van der Waals surface area contributed by atoms with Crippen LogP contribution in [0.5, 0.6) is 11.8 Å². The lowest BCUT2D eigenvalue weighted by atomic mass is 9.78. The van der Waals surface area contributed by atoms with Crippen LogP contribution >= 0.6 is 0 Å². The minimum Gasteiger partial charge on any atom is -0.508 e. The molecule has 4 aromatic rings. The molecule has 6 heterocycles. The first-order valence-electron chi connectivity index (χ1n) is 16.6. The normalized spacial score (nSPS) is 27.2. The van der Waals surface area contributed by atoms with Crippen molar-refractivity contribution < 1.29 is 32.6 Å². The van der Waals surface area contributed by atoms with Crippen molar-refractivity contribution in [1.29, 1.82) is 0 Å². The lowest BCUT2D eigenvalue weighted by molar-refractivity contribution is -0.128. The number of piperidine rings is 3. The number of pyridine rings is 1. The van der Waals surface area contributed by atoms with Crippen LogP contribution < -0.4 is 15.0 Å². The molecule has 8 rings (SSSR count). The molecular weight excluding hydrogens is 625 g/mol. The molecule has 1 spiro atoms. The molecule has 0 aliphatic carbocycles. The molecule has 0 saturated carbocycles. The van der Waals surface area contributed by atoms with Gasteiger partial charge in [0.15, 0.2) is 12.0 Å². The van der Waals surface area contributed by atoms with Gasteiger partial charge in [0.2, 0.25) is 11.8 Å². The van der Waals surface area contributed by atoms with E-state index in [0.29, 0.717) is 60.9 Å². The molecule has 2 bridgehead atoms. The number of phenolic OH excluding ortho intramolecular Hbond substituents is 1. The number of nitrogens with one attached hydrogen (secondary N) is 1. The van der Waals surface area contributed by atoms with Crippen LogP contribution in [0.15, 0.2) is 30.5 Å². The second-order valence-corrected chi connectivity index (χ2v) is 13.6. The van der Waals surface area contributed by atoms with Crippen molar-refractivity contribution in [2.45, 2.75) is 64.3 Å². The van der Waals surface area contributed by atoms with Crippen LogP contribution in [-0.2, 0) is 16.0 Å². The predicted molar refractivity (Wildman–Crippen MR) is 171 cm³/mol. The number of fused-ring (bicyclic) bond motifs is 4. The van der Waals surface area contributed by atoms with Crippen LogP contribution in [-0.4, -0.2) is 75.4 Å². The van der Waals surface area contributed by atoms with E-state index in [2.05, 4.69) is 15.3 Å². The van der Waals surface area contributed by atoms with E-state index < -0.39 is 29.4 Å². The van der Waals surface area contributed by atoms with Gasteiger partial charge in [0.05, 0.1) is 10.8 Å². The van der Waals surface area contributed by atoms with E-state index in [-0.39, 0.29) is 71.2 Å². The van der Waals surface area contributed by atoms with Crippen LogP contribution in [0.4, 0.5) is 19.0 Å². The highest BCUT2D eigenvalue weighted by atomic mass is 19.1. The van der Waals surface area contributed by atoms with Crippen LogP contribution in [0.3, 0.4) is 0 Å². The van der Waals surface area contributed by atoms with E-state index in [1.807, 2.05) is 9.80 Å². The summed E-state index contributed by atoms with van der Waals surface area (Å²) in [6.45, 7) is 3.34. The van der Waals surface area contributed by atoms with Gasteiger partial charge < -0.3 is 14.7 Å². The molecule has 5 atom stereocenters. The van der Waals surface area contributed by atoms with E-state index in [0.717, 1.165) is 12.8 Å². The number of alkyl halides is 1. The Hall–Kier alpha value is -4.52. The summed E-state index contributed by atoms with van der Waals surface area (Å²) in [5.41, 5.74) is -0.597. The number of benzene rings is 2. The molecule has 0 radical (unpaired) electrons. The fourth-order valence-corrected chi connectivity index (χ4v) is 8.36. The fraction of sp³-hybridized carbons (Fsp3) is 0.457. The molecule has 48 heavy (non-hydrogen) atoms. The molecule has 13 heteroatoms. The Morgan fingerprint density at radius 3 is 2.77 bits per heavy atom. The number of amides is 2. The maximum Gasteiger partial charge on any atom is 0.320 e. The maximum absolute atomic E-state index is 17.0. The van der Waals surface area contributed by atoms with Gasteiger partial charge in [-0.2, -0.15) is 9.97 Å². The van der Waals surface area contributed by atoms with Gasteiger partial charge in [-0.1, -0.05) is 13.0 Å². The van der Waals surface area contributed by atoms with Gasteiger partial charge in [0.25, 0.3) is 0 Å². The zero-order valence-electron chi connectivity index (χ0n) is 26.4. The molecule has 10 nitrogen and oxygen atoms in total. The molecule has 3 unspecified atom stereocenters. The number of anilines is 1. The SMILES string of the molecule is CCc1c(F)ccc2cc(O)cc(-c3ncc4c(N5CCCC6(CC(=O)NC6=O)C5)nc(OC5[C@@H]6CCCN5C[C@H](F)C6)nc4c3F)c12. The van der Waals surface area contributed by atoms with Gasteiger partial charge in [-0.05, 0) is 73.1 Å².